The molecule has 0 aromatic heterocycles. The highest BCUT2D eigenvalue weighted by Gasteiger charge is 2.13. The van der Waals surface area contributed by atoms with Crippen LogP contribution >= 0.6 is 0 Å². The molecule has 0 amide bonds. The minimum Gasteiger partial charge on any atom is -0.493 e. The lowest BCUT2D eigenvalue weighted by atomic mass is 9.98. The Morgan fingerprint density at radius 3 is 2.16 bits per heavy atom. The number of ether oxygens (including phenoxy) is 1. The van der Waals surface area contributed by atoms with Gasteiger partial charge < -0.3 is 9.84 Å². The summed E-state index contributed by atoms with van der Waals surface area (Å²) < 4.78 is 5.55. The Kier molecular flexibility index (Phi) is 5.14. The Bertz CT molecular complexity index is 869. The molecule has 3 heteroatoms. The van der Waals surface area contributed by atoms with E-state index in [1.54, 1.807) is 12.1 Å². The van der Waals surface area contributed by atoms with Crippen molar-refractivity contribution in [2.45, 2.75) is 13.3 Å². The summed E-state index contributed by atoms with van der Waals surface area (Å²) in [5.41, 5.74) is 4.26. The highest BCUT2D eigenvalue weighted by molar-refractivity contribution is 5.93. The normalized spacial score (nSPS) is 10.4. The Hall–Kier alpha value is -3.07. The van der Waals surface area contributed by atoms with Crippen molar-refractivity contribution in [1.29, 1.82) is 0 Å². The molecule has 0 heterocycles. The number of carboxylic acids is 1. The quantitative estimate of drug-likeness (QED) is 0.647. The molecule has 0 bridgehead atoms. The van der Waals surface area contributed by atoms with E-state index in [0.717, 1.165) is 28.7 Å². The second-order valence-electron chi connectivity index (χ2n) is 5.81. The molecule has 0 atom stereocenters. The number of benzene rings is 3. The minimum absolute atomic E-state index is 0.191. The fourth-order valence-electron chi connectivity index (χ4n) is 2.72. The van der Waals surface area contributed by atoms with E-state index in [2.05, 4.69) is 24.3 Å². The fourth-order valence-corrected chi connectivity index (χ4v) is 2.72. The summed E-state index contributed by atoms with van der Waals surface area (Å²) >= 11 is 0. The molecule has 126 valence electrons. The SMILES string of the molecule is CCCOc1ccc(-c2cccc(-c3ccccc3)c2)cc1C(=O)O. The number of hydrogen-bond donors (Lipinski definition) is 1. The van der Waals surface area contributed by atoms with E-state index in [1.807, 2.05) is 43.3 Å². The van der Waals surface area contributed by atoms with E-state index in [-0.39, 0.29) is 5.56 Å². The van der Waals surface area contributed by atoms with E-state index >= 15 is 0 Å². The number of hydrogen-bond acceptors (Lipinski definition) is 2. The van der Waals surface area contributed by atoms with Gasteiger partial charge in [0.25, 0.3) is 0 Å². The Balaban J connectivity index is 1.99. The molecule has 0 saturated carbocycles. The van der Waals surface area contributed by atoms with Crippen molar-refractivity contribution in [3.05, 3.63) is 78.4 Å². The molecule has 0 fully saturated rings. The van der Waals surface area contributed by atoms with Gasteiger partial charge in [-0.15, -0.1) is 0 Å². The highest BCUT2D eigenvalue weighted by atomic mass is 16.5. The molecule has 0 aliphatic heterocycles. The van der Waals surface area contributed by atoms with Crippen molar-refractivity contribution in [3.8, 4) is 28.0 Å². The molecule has 3 rings (SSSR count). The Labute approximate surface area is 147 Å². The van der Waals surface area contributed by atoms with Crippen molar-refractivity contribution >= 4 is 5.97 Å². The van der Waals surface area contributed by atoms with E-state index < -0.39 is 5.97 Å². The summed E-state index contributed by atoms with van der Waals surface area (Å²) in [4.78, 5) is 11.6. The second kappa shape index (κ2) is 7.67. The van der Waals surface area contributed by atoms with Crippen molar-refractivity contribution in [1.82, 2.24) is 0 Å². The van der Waals surface area contributed by atoms with Crippen LogP contribution < -0.4 is 4.74 Å². The van der Waals surface area contributed by atoms with Crippen LogP contribution in [0.3, 0.4) is 0 Å². The molecule has 3 aromatic carbocycles. The summed E-state index contributed by atoms with van der Waals surface area (Å²) in [6.45, 7) is 2.49. The summed E-state index contributed by atoms with van der Waals surface area (Å²) in [6.07, 6.45) is 0.833. The zero-order valence-corrected chi connectivity index (χ0v) is 14.1. The van der Waals surface area contributed by atoms with Crippen molar-refractivity contribution in [3.63, 3.8) is 0 Å². The van der Waals surface area contributed by atoms with Crippen molar-refractivity contribution in [2.24, 2.45) is 0 Å². The van der Waals surface area contributed by atoms with Gasteiger partial charge in [-0.05, 0) is 46.9 Å². The lowest BCUT2D eigenvalue weighted by Gasteiger charge is -2.11. The predicted octanol–water partition coefficient (Wildman–Crippen LogP) is 5.51. The van der Waals surface area contributed by atoms with Gasteiger partial charge in [-0.1, -0.05) is 61.5 Å². The van der Waals surface area contributed by atoms with E-state index in [0.29, 0.717) is 12.4 Å². The second-order valence-corrected chi connectivity index (χ2v) is 5.81. The Morgan fingerprint density at radius 2 is 1.48 bits per heavy atom. The summed E-state index contributed by atoms with van der Waals surface area (Å²) in [7, 11) is 0. The van der Waals surface area contributed by atoms with Crippen LogP contribution in [0, 0.1) is 0 Å². The zero-order chi connectivity index (χ0) is 17.6. The van der Waals surface area contributed by atoms with Gasteiger partial charge in [0.2, 0.25) is 0 Å². The van der Waals surface area contributed by atoms with Gasteiger partial charge in [0.15, 0.2) is 0 Å². The summed E-state index contributed by atoms with van der Waals surface area (Å²) in [5.74, 6) is -0.565. The first kappa shape index (κ1) is 16.8. The smallest absolute Gasteiger partial charge is 0.339 e. The first-order chi connectivity index (χ1) is 12.2. The molecular weight excluding hydrogens is 312 g/mol. The molecule has 25 heavy (non-hydrogen) atoms. The van der Waals surface area contributed by atoms with Gasteiger partial charge in [0.05, 0.1) is 6.61 Å². The third kappa shape index (κ3) is 3.89. The van der Waals surface area contributed by atoms with Crippen molar-refractivity contribution < 1.29 is 14.6 Å². The van der Waals surface area contributed by atoms with Crippen LogP contribution in [0.4, 0.5) is 0 Å². The van der Waals surface area contributed by atoms with E-state index in [9.17, 15) is 9.90 Å². The van der Waals surface area contributed by atoms with Crippen molar-refractivity contribution in [2.75, 3.05) is 6.61 Å². The molecule has 0 saturated heterocycles. The molecule has 0 radical (unpaired) electrons. The lowest BCUT2D eigenvalue weighted by molar-refractivity contribution is 0.0692. The molecule has 0 unspecified atom stereocenters. The Morgan fingerprint density at radius 1 is 0.840 bits per heavy atom. The number of carbonyl (C=O) groups is 1. The van der Waals surface area contributed by atoms with Crippen LogP contribution in [-0.2, 0) is 0 Å². The topological polar surface area (TPSA) is 46.5 Å². The average molecular weight is 332 g/mol. The van der Waals surface area contributed by atoms with Crippen LogP contribution in [-0.4, -0.2) is 17.7 Å². The van der Waals surface area contributed by atoms with Gasteiger partial charge in [-0.3, -0.25) is 0 Å². The predicted molar refractivity (Wildman–Crippen MR) is 100 cm³/mol. The number of aromatic carboxylic acids is 1. The third-order valence-corrected chi connectivity index (χ3v) is 3.97. The fraction of sp³-hybridized carbons (Fsp3) is 0.136. The molecular formula is C22H20O3. The lowest BCUT2D eigenvalue weighted by Crippen LogP contribution is -2.04. The largest absolute Gasteiger partial charge is 0.493 e. The third-order valence-electron chi connectivity index (χ3n) is 3.97. The van der Waals surface area contributed by atoms with Crippen LogP contribution in [0.1, 0.15) is 23.7 Å². The van der Waals surface area contributed by atoms with Crippen LogP contribution in [0.15, 0.2) is 72.8 Å². The first-order valence-electron chi connectivity index (χ1n) is 8.35. The molecule has 3 aromatic rings. The van der Waals surface area contributed by atoms with Gasteiger partial charge in [0, 0.05) is 0 Å². The maximum atomic E-state index is 11.6. The number of carboxylic acid groups (broad SMARTS) is 1. The standard InChI is InChI=1S/C22H20O3/c1-2-13-25-21-12-11-19(15-20(21)22(23)24)18-10-6-9-17(14-18)16-7-4-3-5-8-16/h3-12,14-15H,2,13H2,1H3,(H,23,24). The molecule has 1 N–H and O–H groups in total. The first-order valence-corrected chi connectivity index (χ1v) is 8.35. The zero-order valence-electron chi connectivity index (χ0n) is 14.1. The summed E-state index contributed by atoms with van der Waals surface area (Å²) in [5, 5.41) is 9.49. The van der Waals surface area contributed by atoms with E-state index in [4.69, 9.17) is 4.74 Å². The van der Waals surface area contributed by atoms with Crippen LogP contribution in [0.5, 0.6) is 5.75 Å². The maximum absolute atomic E-state index is 11.6. The highest BCUT2D eigenvalue weighted by Crippen LogP contribution is 2.30. The van der Waals surface area contributed by atoms with Gasteiger partial charge in [0.1, 0.15) is 11.3 Å². The molecule has 3 nitrogen and oxygen atoms in total. The molecule has 0 aliphatic carbocycles. The summed E-state index contributed by atoms with van der Waals surface area (Å²) in [6, 6.07) is 23.5. The monoisotopic (exact) mass is 332 g/mol. The van der Waals surface area contributed by atoms with Gasteiger partial charge in [-0.25, -0.2) is 4.79 Å². The minimum atomic E-state index is -0.979. The number of rotatable bonds is 6. The van der Waals surface area contributed by atoms with Gasteiger partial charge >= 0.3 is 5.97 Å². The van der Waals surface area contributed by atoms with Gasteiger partial charge in [-0.2, -0.15) is 0 Å². The van der Waals surface area contributed by atoms with E-state index in [1.165, 1.54) is 0 Å². The molecule has 0 aliphatic rings. The average Bonchev–Trinajstić information content (AvgIpc) is 2.67. The van der Waals surface area contributed by atoms with Crippen LogP contribution in [0.2, 0.25) is 0 Å². The molecule has 0 spiro atoms. The van der Waals surface area contributed by atoms with Crippen LogP contribution in [0.25, 0.3) is 22.3 Å². The maximum Gasteiger partial charge on any atom is 0.339 e.